The predicted octanol–water partition coefficient (Wildman–Crippen LogP) is 2.12. The number of aldehydes is 1. The summed E-state index contributed by atoms with van der Waals surface area (Å²) in [6.45, 7) is 0. The molecule has 0 saturated carbocycles. The summed E-state index contributed by atoms with van der Waals surface area (Å²) in [6.07, 6.45) is 4.45. The molecule has 74 valence electrons. The molecular weight excluding hydrogens is 267 g/mol. The fourth-order valence-electron chi connectivity index (χ4n) is 1.67. The van der Waals surface area contributed by atoms with E-state index < -0.39 is 0 Å². The summed E-state index contributed by atoms with van der Waals surface area (Å²) in [5, 5.41) is 0.206. The Hall–Kier alpha value is -0.480. The number of aryl methyl sites for hydroxylation is 1. The number of hydrogen-bond donors (Lipinski definition) is 0. The van der Waals surface area contributed by atoms with E-state index in [9.17, 15) is 4.79 Å². The Kier molecular flexibility index (Phi) is 2.83. The molecule has 0 amide bonds. The minimum Gasteiger partial charge on any atom is -0.303 e. The van der Waals surface area contributed by atoms with Gasteiger partial charge in [-0.15, -0.1) is 0 Å². The Morgan fingerprint density at radius 1 is 1.64 bits per heavy atom. The number of aromatic nitrogens is 2. The van der Waals surface area contributed by atoms with Crippen LogP contribution in [0, 0.1) is 0 Å². The van der Waals surface area contributed by atoms with Crippen molar-refractivity contribution in [3.63, 3.8) is 0 Å². The molecule has 0 saturated heterocycles. The highest BCUT2D eigenvalue weighted by Crippen LogP contribution is 2.33. The number of nitrogens with zero attached hydrogens (tertiary/aromatic N) is 2. The number of carbonyl (C=O) groups is 1. The summed E-state index contributed by atoms with van der Waals surface area (Å²) in [4.78, 5) is 19.1. The van der Waals surface area contributed by atoms with Crippen LogP contribution in [0.3, 0.4) is 0 Å². The maximum absolute atomic E-state index is 10.9. The van der Waals surface area contributed by atoms with Crippen LogP contribution >= 0.6 is 27.5 Å². The molecule has 14 heavy (non-hydrogen) atoms. The first-order valence-electron chi connectivity index (χ1n) is 4.33. The van der Waals surface area contributed by atoms with Gasteiger partial charge in [0.05, 0.1) is 11.6 Å². The summed E-state index contributed by atoms with van der Waals surface area (Å²) in [5.41, 5.74) is 1.80. The van der Waals surface area contributed by atoms with Crippen molar-refractivity contribution in [2.24, 2.45) is 0 Å². The fourth-order valence-corrected chi connectivity index (χ4v) is 2.42. The van der Waals surface area contributed by atoms with E-state index in [0.29, 0.717) is 0 Å². The van der Waals surface area contributed by atoms with Gasteiger partial charge in [0.2, 0.25) is 5.28 Å². The molecule has 2 unspecified atom stereocenters. The van der Waals surface area contributed by atoms with E-state index in [0.717, 1.165) is 30.4 Å². The first kappa shape index (κ1) is 10.1. The lowest BCUT2D eigenvalue weighted by Gasteiger charge is -2.24. The normalized spacial score (nSPS) is 25.6. The number of carbonyl (C=O) groups excluding carboxylic acids is 1. The first-order valence-corrected chi connectivity index (χ1v) is 5.62. The Morgan fingerprint density at radius 2 is 2.43 bits per heavy atom. The van der Waals surface area contributed by atoms with Crippen molar-refractivity contribution in [1.29, 1.82) is 0 Å². The van der Waals surface area contributed by atoms with Gasteiger partial charge in [-0.1, -0.05) is 15.9 Å². The van der Waals surface area contributed by atoms with E-state index >= 15 is 0 Å². The number of halogens is 2. The lowest BCUT2D eigenvalue weighted by molar-refractivity contribution is -0.109. The summed E-state index contributed by atoms with van der Waals surface area (Å²) < 4.78 is 0. The molecule has 0 N–H and O–H groups in total. The molecule has 0 fully saturated rings. The van der Waals surface area contributed by atoms with Crippen molar-refractivity contribution in [3.05, 3.63) is 22.7 Å². The van der Waals surface area contributed by atoms with Gasteiger partial charge in [0.15, 0.2) is 0 Å². The van der Waals surface area contributed by atoms with Gasteiger partial charge >= 0.3 is 0 Å². The second-order valence-electron chi connectivity index (χ2n) is 3.27. The Bertz CT molecular complexity index is 372. The minimum atomic E-state index is -0.195. The Morgan fingerprint density at radius 3 is 3.14 bits per heavy atom. The van der Waals surface area contributed by atoms with Gasteiger partial charge in [0.1, 0.15) is 6.29 Å². The average Bonchev–Trinajstić information content (AvgIpc) is 2.17. The van der Waals surface area contributed by atoms with Crippen LogP contribution in [0.4, 0.5) is 0 Å². The molecule has 0 aromatic carbocycles. The summed E-state index contributed by atoms with van der Waals surface area (Å²) in [5.74, 6) is -0.195. The molecular formula is C9H8BrClN2O. The lowest BCUT2D eigenvalue weighted by atomic mass is 9.88. The molecule has 1 heterocycles. The van der Waals surface area contributed by atoms with E-state index in [4.69, 9.17) is 11.6 Å². The molecule has 1 aromatic heterocycles. The van der Waals surface area contributed by atoms with Gasteiger partial charge in [0, 0.05) is 11.0 Å². The number of alkyl halides is 1. The third-order valence-corrected chi connectivity index (χ3v) is 3.62. The van der Waals surface area contributed by atoms with E-state index in [1.54, 1.807) is 6.20 Å². The third-order valence-electron chi connectivity index (χ3n) is 2.41. The zero-order chi connectivity index (χ0) is 10.1. The molecule has 1 aliphatic carbocycles. The molecule has 0 aliphatic heterocycles. The fraction of sp³-hybridized carbons (Fsp3) is 0.444. The van der Waals surface area contributed by atoms with Crippen LogP contribution in [-0.4, -0.2) is 21.1 Å². The molecule has 2 atom stereocenters. The van der Waals surface area contributed by atoms with Gasteiger partial charge in [-0.25, -0.2) is 9.97 Å². The van der Waals surface area contributed by atoms with Crippen molar-refractivity contribution in [2.75, 3.05) is 0 Å². The maximum atomic E-state index is 10.9. The maximum Gasteiger partial charge on any atom is 0.222 e. The highest BCUT2D eigenvalue weighted by atomic mass is 79.9. The van der Waals surface area contributed by atoms with E-state index in [2.05, 4.69) is 25.9 Å². The predicted molar refractivity (Wildman–Crippen MR) is 56.9 cm³/mol. The molecule has 0 bridgehead atoms. The summed E-state index contributed by atoms with van der Waals surface area (Å²) in [7, 11) is 0. The summed E-state index contributed by atoms with van der Waals surface area (Å²) in [6, 6.07) is 0. The minimum absolute atomic E-state index is 0.165. The second-order valence-corrected chi connectivity index (χ2v) is 4.78. The van der Waals surface area contributed by atoms with E-state index in [1.807, 2.05) is 0 Å². The van der Waals surface area contributed by atoms with Crippen LogP contribution in [-0.2, 0) is 11.2 Å². The number of fused-ring (bicyclic) bond motifs is 1. The number of rotatable bonds is 1. The van der Waals surface area contributed by atoms with E-state index in [1.165, 1.54) is 0 Å². The lowest BCUT2D eigenvalue weighted by Crippen LogP contribution is -2.23. The zero-order valence-corrected chi connectivity index (χ0v) is 9.62. The smallest absolute Gasteiger partial charge is 0.222 e. The third kappa shape index (κ3) is 1.68. The standard InChI is InChI=1S/C9H8BrClN2O/c10-7-2-1-5-3-12-9(11)13-8(5)6(7)4-14/h3-4,6-7H,1-2H2. The number of hydrogen-bond acceptors (Lipinski definition) is 3. The SMILES string of the molecule is O=CC1c2nc(Cl)ncc2CCC1Br. The van der Waals surface area contributed by atoms with Crippen molar-refractivity contribution in [1.82, 2.24) is 9.97 Å². The van der Waals surface area contributed by atoms with Crippen molar-refractivity contribution < 1.29 is 4.79 Å². The highest BCUT2D eigenvalue weighted by Gasteiger charge is 2.29. The van der Waals surface area contributed by atoms with Gasteiger partial charge in [0.25, 0.3) is 0 Å². The highest BCUT2D eigenvalue weighted by molar-refractivity contribution is 9.09. The van der Waals surface area contributed by atoms with Crippen molar-refractivity contribution >= 4 is 33.8 Å². The van der Waals surface area contributed by atoms with Gasteiger partial charge in [-0.3, -0.25) is 0 Å². The van der Waals surface area contributed by atoms with Crippen LogP contribution in [0.2, 0.25) is 5.28 Å². The van der Waals surface area contributed by atoms with Crippen LogP contribution < -0.4 is 0 Å². The van der Waals surface area contributed by atoms with Crippen molar-refractivity contribution in [2.45, 2.75) is 23.6 Å². The Balaban J connectivity index is 2.48. The van der Waals surface area contributed by atoms with Gasteiger partial charge in [-0.05, 0) is 30.0 Å². The van der Waals surface area contributed by atoms with Gasteiger partial charge < -0.3 is 4.79 Å². The van der Waals surface area contributed by atoms with E-state index in [-0.39, 0.29) is 16.0 Å². The zero-order valence-electron chi connectivity index (χ0n) is 7.28. The molecule has 2 rings (SSSR count). The van der Waals surface area contributed by atoms with Crippen LogP contribution in [0.5, 0.6) is 0 Å². The monoisotopic (exact) mass is 274 g/mol. The summed E-state index contributed by atoms with van der Waals surface area (Å²) >= 11 is 9.17. The molecule has 0 radical (unpaired) electrons. The largest absolute Gasteiger partial charge is 0.303 e. The molecule has 0 spiro atoms. The quantitative estimate of drug-likeness (QED) is 0.448. The van der Waals surface area contributed by atoms with Crippen LogP contribution in [0.15, 0.2) is 6.20 Å². The second kappa shape index (κ2) is 3.95. The topological polar surface area (TPSA) is 42.9 Å². The molecule has 5 heteroatoms. The molecule has 1 aliphatic rings. The molecule has 1 aromatic rings. The average molecular weight is 276 g/mol. The van der Waals surface area contributed by atoms with Crippen LogP contribution in [0.1, 0.15) is 23.6 Å². The first-order chi connectivity index (χ1) is 6.72. The van der Waals surface area contributed by atoms with Crippen molar-refractivity contribution in [3.8, 4) is 0 Å². The Labute approximate surface area is 95.0 Å². The van der Waals surface area contributed by atoms with Gasteiger partial charge in [-0.2, -0.15) is 0 Å². The van der Waals surface area contributed by atoms with Crippen LogP contribution in [0.25, 0.3) is 0 Å². The molecule has 3 nitrogen and oxygen atoms in total.